The van der Waals surface area contributed by atoms with Gasteiger partial charge in [-0.05, 0) is 29.8 Å². The van der Waals surface area contributed by atoms with Crippen molar-refractivity contribution in [2.24, 2.45) is 0 Å². The van der Waals surface area contributed by atoms with Gasteiger partial charge in [0, 0.05) is 41.2 Å². The van der Waals surface area contributed by atoms with Gasteiger partial charge < -0.3 is 14.7 Å². The minimum absolute atomic E-state index is 0.224. The van der Waals surface area contributed by atoms with E-state index in [1.54, 1.807) is 24.5 Å². The third kappa shape index (κ3) is 2.66. The van der Waals surface area contributed by atoms with Crippen LogP contribution in [0.3, 0.4) is 0 Å². The maximum atomic E-state index is 12.2. The van der Waals surface area contributed by atoms with Crippen molar-refractivity contribution in [3.8, 4) is 28.3 Å². The van der Waals surface area contributed by atoms with Crippen LogP contribution in [-0.4, -0.2) is 27.0 Å². The molecule has 0 aromatic carbocycles. The molecule has 25 heavy (non-hydrogen) atoms. The Balaban J connectivity index is 1.92. The number of aromatic amines is 2. The Morgan fingerprint density at radius 2 is 2.00 bits per heavy atom. The smallest absolute Gasteiger partial charge is 0.249 e. The molecule has 0 saturated carbocycles. The average Bonchev–Trinajstić information content (AvgIpc) is 3.05. The highest BCUT2D eigenvalue weighted by Gasteiger charge is 2.13. The molecule has 124 valence electrons. The van der Waals surface area contributed by atoms with Gasteiger partial charge in [0.05, 0.1) is 12.8 Å². The van der Waals surface area contributed by atoms with Gasteiger partial charge in [0.2, 0.25) is 11.4 Å². The summed E-state index contributed by atoms with van der Waals surface area (Å²) in [5.74, 6) is 0.307. The Morgan fingerprint density at radius 3 is 2.84 bits per heavy atom. The molecule has 0 saturated heterocycles. The highest BCUT2D eigenvalue weighted by Crippen LogP contribution is 2.34. The first kappa shape index (κ1) is 15.4. The van der Waals surface area contributed by atoms with Crippen LogP contribution in [0.15, 0.2) is 53.7 Å². The van der Waals surface area contributed by atoms with E-state index in [0.717, 1.165) is 22.2 Å². The number of nitrogens with one attached hydrogen (secondary N) is 2. The molecule has 0 bridgehead atoms. The molecule has 7 heteroatoms. The fourth-order valence-electron chi connectivity index (χ4n) is 2.81. The monoisotopic (exact) mass is 352 g/mol. The first-order valence-corrected chi connectivity index (χ1v) is 7.91. The lowest BCUT2D eigenvalue weighted by atomic mass is 10.0. The molecule has 0 atom stereocenters. The van der Waals surface area contributed by atoms with Crippen LogP contribution in [0.2, 0.25) is 5.02 Å². The molecule has 4 rings (SSSR count). The maximum absolute atomic E-state index is 12.2. The van der Waals surface area contributed by atoms with Crippen LogP contribution < -0.4 is 10.3 Å². The van der Waals surface area contributed by atoms with E-state index in [2.05, 4.69) is 19.9 Å². The first-order valence-electron chi connectivity index (χ1n) is 7.53. The molecule has 4 aromatic heterocycles. The highest BCUT2D eigenvalue weighted by molar-refractivity contribution is 6.34. The number of halogens is 1. The van der Waals surface area contributed by atoms with Crippen molar-refractivity contribution < 1.29 is 4.74 Å². The zero-order valence-corrected chi connectivity index (χ0v) is 14.0. The van der Waals surface area contributed by atoms with Gasteiger partial charge in [0.1, 0.15) is 10.7 Å². The van der Waals surface area contributed by atoms with Crippen LogP contribution in [0.5, 0.6) is 5.88 Å². The van der Waals surface area contributed by atoms with E-state index in [0.29, 0.717) is 22.2 Å². The molecule has 0 spiro atoms. The van der Waals surface area contributed by atoms with Gasteiger partial charge in [0.25, 0.3) is 0 Å². The summed E-state index contributed by atoms with van der Waals surface area (Å²) < 4.78 is 5.15. The summed E-state index contributed by atoms with van der Waals surface area (Å²) in [6.07, 6.45) is 5.14. The maximum Gasteiger partial charge on any atom is 0.249 e. The lowest BCUT2D eigenvalue weighted by Crippen LogP contribution is -2.06. The molecule has 0 aliphatic heterocycles. The Hall–Kier alpha value is -3.12. The van der Waals surface area contributed by atoms with Crippen molar-refractivity contribution in [3.05, 3.63) is 64.3 Å². The Labute approximate surface area is 147 Å². The fraction of sp³-hybridized carbons (Fsp3) is 0.0556. The van der Waals surface area contributed by atoms with Crippen molar-refractivity contribution in [2.45, 2.75) is 0 Å². The second-order valence-electron chi connectivity index (χ2n) is 5.43. The van der Waals surface area contributed by atoms with Crippen molar-refractivity contribution in [1.29, 1.82) is 0 Å². The number of pyridine rings is 3. The highest BCUT2D eigenvalue weighted by atomic mass is 35.5. The minimum atomic E-state index is -0.224. The zero-order valence-electron chi connectivity index (χ0n) is 13.2. The molecule has 6 nitrogen and oxygen atoms in total. The number of H-pyrrole nitrogens is 2. The molecule has 0 amide bonds. The third-order valence-electron chi connectivity index (χ3n) is 3.95. The van der Waals surface area contributed by atoms with Crippen molar-refractivity contribution in [1.82, 2.24) is 19.9 Å². The van der Waals surface area contributed by atoms with Crippen LogP contribution in [0.4, 0.5) is 0 Å². The SMILES string of the molecule is COc1nccc(-c2cc(-c3c[nH]c4ncccc34)cc(=O)[nH]2)c1Cl. The summed E-state index contributed by atoms with van der Waals surface area (Å²) in [4.78, 5) is 26.5. The van der Waals surface area contributed by atoms with Gasteiger partial charge in [-0.2, -0.15) is 0 Å². The largest absolute Gasteiger partial charge is 0.480 e. The Kier molecular flexibility index (Phi) is 3.74. The summed E-state index contributed by atoms with van der Waals surface area (Å²) >= 11 is 6.34. The number of hydrogen-bond acceptors (Lipinski definition) is 4. The standard InChI is InChI=1S/C18H13ClN4O2/c1-25-18-16(19)12(4-6-21-18)14-7-10(8-15(24)23-14)13-9-22-17-11(13)3-2-5-20-17/h2-9H,1H3,(H,20,22)(H,23,24). The van der Waals surface area contributed by atoms with Crippen LogP contribution in [-0.2, 0) is 0 Å². The van der Waals surface area contributed by atoms with Crippen LogP contribution in [0.1, 0.15) is 0 Å². The fourth-order valence-corrected chi connectivity index (χ4v) is 3.10. The molecular formula is C18H13ClN4O2. The minimum Gasteiger partial charge on any atom is -0.480 e. The van der Waals surface area contributed by atoms with Gasteiger partial charge in [-0.25, -0.2) is 9.97 Å². The summed E-state index contributed by atoms with van der Waals surface area (Å²) in [7, 11) is 1.50. The Morgan fingerprint density at radius 1 is 1.12 bits per heavy atom. The summed E-state index contributed by atoms with van der Waals surface area (Å²) in [6, 6.07) is 8.97. The van der Waals surface area contributed by atoms with Crippen LogP contribution in [0, 0.1) is 0 Å². The van der Waals surface area contributed by atoms with E-state index >= 15 is 0 Å². The molecule has 0 radical (unpaired) electrons. The van der Waals surface area contributed by atoms with Gasteiger partial charge in [-0.3, -0.25) is 4.79 Å². The van der Waals surface area contributed by atoms with E-state index < -0.39 is 0 Å². The van der Waals surface area contributed by atoms with E-state index in [1.807, 2.05) is 24.4 Å². The Bertz CT molecular complexity index is 1130. The third-order valence-corrected chi connectivity index (χ3v) is 4.31. The number of methoxy groups -OCH3 is 1. The molecular weight excluding hydrogens is 340 g/mol. The summed E-state index contributed by atoms with van der Waals surface area (Å²) in [5, 5.41) is 1.29. The molecule has 2 N–H and O–H groups in total. The van der Waals surface area contributed by atoms with E-state index in [1.165, 1.54) is 7.11 Å². The summed E-state index contributed by atoms with van der Waals surface area (Å²) in [5.41, 5.74) is 3.44. The normalized spacial score (nSPS) is 11.0. The van der Waals surface area contributed by atoms with Crippen molar-refractivity contribution in [3.63, 3.8) is 0 Å². The number of fused-ring (bicyclic) bond motifs is 1. The quantitative estimate of drug-likeness (QED) is 0.589. The lowest BCUT2D eigenvalue weighted by Gasteiger charge is -2.09. The predicted octanol–water partition coefficient (Wildman–Crippen LogP) is 3.64. The van der Waals surface area contributed by atoms with Crippen molar-refractivity contribution in [2.75, 3.05) is 7.11 Å². The topological polar surface area (TPSA) is 83.7 Å². The van der Waals surface area contributed by atoms with Crippen LogP contribution >= 0.6 is 11.6 Å². The molecule has 0 fully saturated rings. The van der Waals surface area contributed by atoms with E-state index in [9.17, 15) is 4.79 Å². The molecule has 0 unspecified atom stereocenters. The van der Waals surface area contributed by atoms with Gasteiger partial charge in [-0.1, -0.05) is 11.6 Å². The zero-order chi connectivity index (χ0) is 17.4. The molecule has 4 aromatic rings. The first-order chi connectivity index (χ1) is 12.2. The van der Waals surface area contributed by atoms with E-state index in [-0.39, 0.29) is 5.56 Å². The molecule has 0 aliphatic rings. The van der Waals surface area contributed by atoms with Crippen LogP contribution in [0.25, 0.3) is 33.4 Å². The summed E-state index contributed by atoms with van der Waals surface area (Å²) in [6.45, 7) is 0. The number of aromatic nitrogens is 4. The number of rotatable bonds is 3. The van der Waals surface area contributed by atoms with E-state index in [4.69, 9.17) is 16.3 Å². The average molecular weight is 353 g/mol. The van der Waals surface area contributed by atoms with Crippen molar-refractivity contribution >= 4 is 22.6 Å². The lowest BCUT2D eigenvalue weighted by molar-refractivity contribution is 0.398. The number of nitrogens with zero attached hydrogens (tertiary/aromatic N) is 2. The molecule has 4 heterocycles. The van der Waals surface area contributed by atoms with Gasteiger partial charge in [0.15, 0.2) is 0 Å². The second kappa shape index (κ2) is 6.07. The number of ether oxygens (including phenoxy) is 1. The van der Waals surface area contributed by atoms with Gasteiger partial charge in [-0.15, -0.1) is 0 Å². The second-order valence-corrected chi connectivity index (χ2v) is 5.81. The van der Waals surface area contributed by atoms with Gasteiger partial charge >= 0.3 is 0 Å². The predicted molar refractivity (Wildman–Crippen MR) is 96.9 cm³/mol. The number of hydrogen-bond donors (Lipinski definition) is 2. The molecule has 0 aliphatic carbocycles.